The predicted molar refractivity (Wildman–Crippen MR) is 139 cm³/mol. The number of aliphatic hydroxyl groups is 6. The summed E-state index contributed by atoms with van der Waals surface area (Å²) in [6.07, 6.45) is -15.5. The minimum absolute atomic E-state index is 0.00289. The Kier molecular flexibility index (Phi) is 8.89. The monoisotopic (exact) mass is 594 g/mol. The molecule has 14 nitrogen and oxygen atoms in total. The van der Waals surface area contributed by atoms with Gasteiger partial charge in [0.05, 0.1) is 26.2 Å². The van der Waals surface area contributed by atoms with Crippen LogP contribution in [0.25, 0.3) is 0 Å². The molecule has 2 aromatic rings. The molecule has 0 amide bonds. The summed E-state index contributed by atoms with van der Waals surface area (Å²) in [5.41, 5.74) is 0.702. The second kappa shape index (κ2) is 12.3. The van der Waals surface area contributed by atoms with E-state index < -0.39 is 79.9 Å². The summed E-state index contributed by atoms with van der Waals surface area (Å²) < 4.78 is 33.6. The third-order valence-electron chi connectivity index (χ3n) is 7.63. The van der Waals surface area contributed by atoms with Crippen LogP contribution in [-0.2, 0) is 14.2 Å². The Labute approximate surface area is 240 Å². The van der Waals surface area contributed by atoms with E-state index in [0.29, 0.717) is 11.3 Å². The lowest BCUT2D eigenvalue weighted by atomic mass is 9.95. The van der Waals surface area contributed by atoms with Gasteiger partial charge < -0.3 is 64.2 Å². The molecule has 230 valence electrons. The molecule has 2 aromatic carbocycles. The number of rotatable bonds is 7. The topological polar surface area (TPSA) is 214 Å². The molecule has 7 N–H and O–H groups in total. The van der Waals surface area contributed by atoms with E-state index in [4.69, 9.17) is 28.4 Å². The summed E-state index contributed by atoms with van der Waals surface area (Å²) in [6, 6.07) is 9.53. The number of ether oxygens (including phenoxy) is 6. The highest BCUT2D eigenvalue weighted by Gasteiger charge is 2.50. The smallest absolute Gasteiger partial charge is 0.229 e. The van der Waals surface area contributed by atoms with Crippen LogP contribution in [-0.4, -0.2) is 117 Å². The van der Waals surface area contributed by atoms with Crippen molar-refractivity contribution in [2.75, 3.05) is 13.7 Å². The van der Waals surface area contributed by atoms with Crippen LogP contribution < -0.4 is 14.2 Å². The Morgan fingerprint density at radius 1 is 0.881 bits per heavy atom. The van der Waals surface area contributed by atoms with Gasteiger partial charge in [0, 0.05) is 12.1 Å². The van der Waals surface area contributed by atoms with Gasteiger partial charge in [0.2, 0.25) is 6.29 Å². The van der Waals surface area contributed by atoms with Crippen LogP contribution in [0.3, 0.4) is 0 Å². The molecule has 2 fully saturated rings. The first kappa shape index (κ1) is 30.4. The Morgan fingerprint density at radius 2 is 1.57 bits per heavy atom. The van der Waals surface area contributed by atoms with Crippen molar-refractivity contribution in [1.29, 1.82) is 0 Å². The Balaban J connectivity index is 1.29. The maximum atomic E-state index is 12.9. The quantitative estimate of drug-likeness (QED) is 0.208. The highest BCUT2D eigenvalue weighted by molar-refractivity contribution is 6.02. The Hall–Kier alpha value is -3.05. The molecule has 0 aromatic heterocycles. The number of phenols is 1. The number of aliphatic hydroxyl groups excluding tert-OH is 6. The van der Waals surface area contributed by atoms with Gasteiger partial charge >= 0.3 is 0 Å². The molecule has 14 heteroatoms. The minimum atomic E-state index is -1.73. The SMILES string of the molecule is COc1ccc([C@@H]2CC(=O)c3c(O)cc(O[C@@H]4O[C@@H](C)[C@H](O[C@@H]5O[C@H](CO)[C@@H](O)[C@H](O)[C@H]5O)[C@@H](O)[C@H]4O)cc3O2)cc1. The summed E-state index contributed by atoms with van der Waals surface area (Å²) in [5, 5.41) is 71.9. The van der Waals surface area contributed by atoms with Crippen LogP contribution >= 0.6 is 0 Å². The number of hydrogen-bond donors (Lipinski definition) is 7. The van der Waals surface area contributed by atoms with E-state index >= 15 is 0 Å². The molecule has 5 rings (SSSR count). The summed E-state index contributed by atoms with van der Waals surface area (Å²) in [5.74, 6) is -0.0652. The number of Topliss-reactive ketones (excluding diaryl/α,β-unsaturated/α-hetero) is 1. The van der Waals surface area contributed by atoms with Crippen LogP contribution in [0.1, 0.15) is 35.4 Å². The van der Waals surface area contributed by atoms with Crippen LogP contribution in [0.2, 0.25) is 0 Å². The number of carbonyl (C=O) groups excluding carboxylic acids is 1. The normalized spacial score (nSPS) is 36.6. The van der Waals surface area contributed by atoms with Gasteiger partial charge in [0.25, 0.3) is 0 Å². The number of fused-ring (bicyclic) bond motifs is 1. The minimum Gasteiger partial charge on any atom is -0.507 e. The molecule has 0 spiro atoms. The maximum Gasteiger partial charge on any atom is 0.229 e. The highest BCUT2D eigenvalue weighted by Crippen LogP contribution is 2.43. The van der Waals surface area contributed by atoms with Crippen LogP contribution in [0.4, 0.5) is 0 Å². The van der Waals surface area contributed by atoms with Crippen LogP contribution in [0, 0.1) is 0 Å². The first-order valence-corrected chi connectivity index (χ1v) is 13.4. The third-order valence-corrected chi connectivity index (χ3v) is 7.63. The Morgan fingerprint density at radius 3 is 2.24 bits per heavy atom. The van der Waals surface area contributed by atoms with Gasteiger partial charge in [-0.2, -0.15) is 0 Å². The van der Waals surface area contributed by atoms with Crippen molar-refractivity contribution in [2.24, 2.45) is 0 Å². The van der Waals surface area contributed by atoms with Crippen molar-refractivity contribution in [3.63, 3.8) is 0 Å². The van der Waals surface area contributed by atoms with Crippen LogP contribution in [0.15, 0.2) is 36.4 Å². The Bertz CT molecular complexity index is 1250. The van der Waals surface area contributed by atoms with E-state index in [1.54, 1.807) is 24.3 Å². The first-order chi connectivity index (χ1) is 20.0. The second-order valence-corrected chi connectivity index (χ2v) is 10.4. The molecule has 0 unspecified atom stereocenters. The first-order valence-electron chi connectivity index (χ1n) is 13.4. The summed E-state index contributed by atoms with van der Waals surface area (Å²) >= 11 is 0. The second-order valence-electron chi connectivity index (χ2n) is 10.4. The predicted octanol–water partition coefficient (Wildman–Crippen LogP) is -0.862. The van der Waals surface area contributed by atoms with Crippen molar-refractivity contribution in [1.82, 2.24) is 0 Å². The van der Waals surface area contributed by atoms with Gasteiger partial charge in [0.15, 0.2) is 12.1 Å². The fraction of sp³-hybridized carbons (Fsp3) is 0.536. The fourth-order valence-corrected chi connectivity index (χ4v) is 5.25. The van der Waals surface area contributed by atoms with E-state index in [1.807, 2.05) is 0 Å². The molecule has 3 aliphatic heterocycles. The standard InChI is InChI=1S/C28H34O14/c1-11-26(42-28-24(35)22(33)21(32)19(10-29)41-28)23(34)25(36)27(38-11)39-14-7-15(30)20-16(31)9-17(40-18(20)8-14)12-3-5-13(37-2)6-4-12/h3-8,11,17,19,21-30,32-36H,9-10H2,1-2H3/t11-,17-,19+,21+,22-,23-,24+,25+,26-,27-,28-/m0/s1. The molecule has 42 heavy (non-hydrogen) atoms. The number of phenolic OH excluding ortho intramolecular Hbond substituents is 1. The lowest BCUT2D eigenvalue weighted by Gasteiger charge is -2.45. The average Bonchev–Trinajstić information content (AvgIpc) is 2.97. The van der Waals surface area contributed by atoms with Crippen molar-refractivity contribution in [3.05, 3.63) is 47.5 Å². The number of ketones is 1. The van der Waals surface area contributed by atoms with Crippen molar-refractivity contribution in [2.45, 2.75) is 80.9 Å². The molecule has 0 aliphatic carbocycles. The van der Waals surface area contributed by atoms with Gasteiger partial charge in [0.1, 0.15) is 77.4 Å². The molecule has 11 atom stereocenters. The van der Waals surface area contributed by atoms with E-state index in [1.165, 1.54) is 20.1 Å². The van der Waals surface area contributed by atoms with Crippen molar-refractivity contribution in [3.8, 4) is 23.0 Å². The van der Waals surface area contributed by atoms with Gasteiger partial charge in [-0.1, -0.05) is 12.1 Å². The third kappa shape index (κ3) is 5.77. The fourth-order valence-electron chi connectivity index (χ4n) is 5.25. The molecule has 2 saturated heterocycles. The van der Waals surface area contributed by atoms with Gasteiger partial charge in [-0.15, -0.1) is 0 Å². The van der Waals surface area contributed by atoms with E-state index in [9.17, 15) is 40.5 Å². The zero-order valence-electron chi connectivity index (χ0n) is 22.7. The molecule has 0 radical (unpaired) electrons. The summed E-state index contributed by atoms with van der Waals surface area (Å²) in [4.78, 5) is 12.9. The molecule has 3 heterocycles. The zero-order chi connectivity index (χ0) is 30.3. The van der Waals surface area contributed by atoms with E-state index in [0.717, 1.165) is 6.07 Å². The lowest BCUT2D eigenvalue weighted by Crippen LogP contribution is -2.64. The van der Waals surface area contributed by atoms with E-state index in [2.05, 4.69) is 0 Å². The molecular formula is C28H34O14. The van der Waals surface area contributed by atoms with Crippen molar-refractivity contribution < 1.29 is 69.0 Å². The number of hydrogen-bond acceptors (Lipinski definition) is 14. The van der Waals surface area contributed by atoms with E-state index in [-0.39, 0.29) is 29.3 Å². The number of aromatic hydroxyl groups is 1. The molecule has 0 bridgehead atoms. The average molecular weight is 595 g/mol. The molecule has 0 saturated carbocycles. The zero-order valence-corrected chi connectivity index (χ0v) is 22.7. The highest BCUT2D eigenvalue weighted by atomic mass is 16.7. The molecular weight excluding hydrogens is 560 g/mol. The van der Waals surface area contributed by atoms with Gasteiger partial charge in [-0.25, -0.2) is 0 Å². The van der Waals surface area contributed by atoms with Gasteiger partial charge in [-0.05, 0) is 24.6 Å². The summed E-state index contributed by atoms with van der Waals surface area (Å²) in [6.45, 7) is 0.818. The maximum absolute atomic E-state index is 12.9. The largest absolute Gasteiger partial charge is 0.507 e. The number of carbonyl (C=O) groups is 1. The number of methoxy groups -OCH3 is 1. The molecule has 3 aliphatic rings. The van der Waals surface area contributed by atoms with Gasteiger partial charge in [-0.3, -0.25) is 4.79 Å². The number of benzene rings is 2. The van der Waals surface area contributed by atoms with Crippen molar-refractivity contribution >= 4 is 5.78 Å². The summed E-state index contributed by atoms with van der Waals surface area (Å²) in [7, 11) is 1.54. The van der Waals surface area contributed by atoms with Crippen LogP contribution in [0.5, 0.6) is 23.0 Å². The lowest BCUT2D eigenvalue weighted by molar-refractivity contribution is -0.348.